The number of hydrogen-bond donors (Lipinski definition) is 3. The fraction of sp³-hybridized carbons (Fsp3) is 0.940. The highest BCUT2D eigenvalue weighted by molar-refractivity contribution is 7.47. The van der Waals surface area contributed by atoms with E-state index in [2.05, 4.69) is 55.4 Å². The van der Waals surface area contributed by atoms with Crippen molar-refractivity contribution in [2.75, 3.05) is 39.6 Å². The largest absolute Gasteiger partial charge is 0.472 e. The number of carbonyl (C=O) groups excluding carboxylic acids is 4. The van der Waals surface area contributed by atoms with Crippen LogP contribution in [0.1, 0.15) is 325 Å². The van der Waals surface area contributed by atoms with Crippen LogP contribution >= 0.6 is 15.6 Å². The van der Waals surface area contributed by atoms with Gasteiger partial charge in [-0.3, -0.25) is 37.3 Å². The Labute approximate surface area is 524 Å². The second-order valence-electron chi connectivity index (χ2n) is 25.4. The van der Waals surface area contributed by atoms with E-state index >= 15 is 0 Å². The van der Waals surface area contributed by atoms with Gasteiger partial charge in [-0.25, -0.2) is 9.13 Å². The lowest BCUT2D eigenvalue weighted by Gasteiger charge is -2.21. The molecule has 0 fully saturated rings. The first kappa shape index (κ1) is 84.1. The minimum atomic E-state index is -4.95. The maximum atomic E-state index is 13.0. The van der Waals surface area contributed by atoms with Crippen molar-refractivity contribution in [3.05, 3.63) is 0 Å². The molecule has 19 heteroatoms. The van der Waals surface area contributed by atoms with E-state index in [-0.39, 0.29) is 25.7 Å². The van der Waals surface area contributed by atoms with Crippen molar-refractivity contribution in [3.63, 3.8) is 0 Å². The molecule has 510 valence electrons. The van der Waals surface area contributed by atoms with Gasteiger partial charge in [-0.2, -0.15) is 0 Å². The monoisotopic (exact) mass is 1270 g/mol. The molecule has 0 radical (unpaired) electrons. The maximum Gasteiger partial charge on any atom is 0.472 e. The first-order valence-electron chi connectivity index (χ1n) is 34.8. The molecule has 0 amide bonds. The van der Waals surface area contributed by atoms with Crippen LogP contribution in [0.25, 0.3) is 0 Å². The third kappa shape index (κ3) is 57.2. The number of phosphoric acid groups is 2. The summed E-state index contributed by atoms with van der Waals surface area (Å²) in [6.45, 7) is 14.0. The minimum Gasteiger partial charge on any atom is -0.462 e. The Hall–Kier alpha value is -1.94. The Kier molecular flexibility index (Phi) is 55.7. The van der Waals surface area contributed by atoms with Crippen LogP contribution in [0.15, 0.2) is 0 Å². The number of aliphatic hydroxyl groups is 1. The number of ether oxygens (including phenoxy) is 4. The van der Waals surface area contributed by atoms with Crippen molar-refractivity contribution >= 4 is 39.5 Å². The Morgan fingerprint density at radius 3 is 0.826 bits per heavy atom. The summed E-state index contributed by atoms with van der Waals surface area (Å²) in [6.07, 6.45) is 37.5. The van der Waals surface area contributed by atoms with Crippen LogP contribution in [-0.4, -0.2) is 96.7 Å². The van der Waals surface area contributed by atoms with Gasteiger partial charge in [-0.05, 0) is 49.4 Å². The molecule has 0 aliphatic carbocycles. The van der Waals surface area contributed by atoms with Gasteiger partial charge in [0, 0.05) is 25.7 Å². The standard InChI is InChI=1S/C67H130O17P2/c1-9-58(6)44-36-28-20-17-18-21-31-39-47-64(69)77-53-62(83-66(71)49-41-33-22-16-14-12-13-15-19-27-35-43-57(4)5)55-81-85(73,74)79-51-61(68)52-80-86(75,76)82-56-63(84-67(72)50-42-34-26-24-30-38-46-60(8)11-3)54-78-65(70)48-40-32-25-23-29-37-45-59(7)10-2/h57-63,68H,9-56H2,1-8H3,(H,73,74)(H,75,76)/t58?,59?,60?,61-,62-,63-/m1/s1. The Bertz CT molecular complexity index is 1720. The van der Waals surface area contributed by atoms with E-state index in [1.165, 1.54) is 122 Å². The summed E-state index contributed by atoms with van der Waals surface area (Å²) in [7, 11) is -9.90. The van der Waals surface area contributed by atoms with E-state index in [0.717, 1.165) is 120 Å². The van der Waals surface area contributed by atoms with Crippen LogP contribution in [-0.2, 0) is 65.4 Å². The number of unbranched alkanes of at least 4 members (excludes halogenated alkanes) is 27. The predicted molar refractivity (Wildman–Crippen MR) is 344 cm³/mol. The van der Waals surface area contributed by atoms with Crippen LogP contribution in [0.3, 0.4) is 0 Å². The van der Waals surface area contributed by atoms with Gasteiger partial charge >= 0.3 is 39.5 Å². The van der Waals surface area contributed by atoms with Gasteiger partial charge < -0.3 is 33.8 Å². The zero-order valence-electron chi connectivity index (χ0n) is 55.9. The molecule has 0 rings (SSSR count). The molecule has 0 aliphatic rings. The van der Waals surface area contributed by atoms with Gasteiger partial charge in [0.1, 0.15) is 19.3 Å². The molecule has 17 nitrogen and oxygen atoms in total. The zero-order chi connectivity index (χ0) is 63.9. The van der Waals surface area contributed by atoms with E-state index in [9.17, 15) is 43.2 Å². The van der Waals surface area contributed by atoms with Crippen LogP contribution in [0.2, 0.25) is 0 Å². The average Bonchev–Trinajstić information content (AvgIpc) is 3.68. The number of rotatable bonds is 64. The maximum absolute atomic E-state index is 13.0. The number of hydrogen-bond acceptors (Lipinski definition) is 15. The molecule has 0 aromatic carbocycles. The number of carbonyl (C=O) groups is 4. The molecule has 0 bridgehead atoms. The van der Waals surface area contributed by atoms with Crippen molar-refractivity contribution in [1.82, 2.24) is 0 Å². The lowest BCUT2D eigenvalue weighted by atomic mass is 9.99. The number of aliphatic hydroxyl groups excluding tert-OH is 1. The fourth-order valence-corrected chi connectivity index (χ4v) is 11.4. The molecule has 5 unspecified atom stereocenters. The molecule has 0 heterocycles. The van der Waals surface area contributed by atoms with Gasteiger partial charge in [0.2, 0.25) is 0 Å². The first-order chi connectivity index (χ1) is 41.2. The molecule has 8 atom stereocenters. The number of esters is 4. The van der Waals surface area contributed by atoms with Crippen molar-refractivity contribution in [2.45, 2.75) is 343 Å². The van der Waals surface area contributed by atoms with Crippen LogP contribution in [0, 0.1) is 23.7 Å². The highest BCUT2D eigenvalue weighted by Gasteiger charge is 2.30. The molecule has 3 N–H and O–H groups in total. The van der Waals surface area contributed by atoms with Crippen molar-refractivity contribution in [3.8, 4) is 0 Å². The van der Waals surface area contributed by atoms with E-state index < -0.39 is 97.5 Å². The third-order valence-electron chi connectivity index (χ3n) is 16.4. The first-order valence-corrected chi connectivity index (χ1v) is 37.8. The third-order valence-corrected chi connectivity index (χ3v) is 18.3. The lowest BCUT2D eigenvalue weighted by Crippen LogP contribution is -2.30. The van der Waals surface area contributed by atoms with Gasteiger partial charge in [-0.1, -0.05) is 274 Å². The summed E-state index contributed by atoms with van der Waals surface area (Å²) in [5.41, 5.74) is 0. The molecule has 86 heavy (non-hydrogen) atoms. The van der Waals surface area contributed by atoms with Gasteiger partial charge in [0.25, 0.3) is 0 Å². The summed E-state index contributed by atoms with van der Waals surface area (Å²) < 4.78 is 68.1. The normalized spacial score (nSPS) is 15.3. The van der Waals surface area contributed by atoms with Crippen molar-refractivity contribution < 1.29 is 80.2 Å². The quantitative estimate of drug-likeness (QED) is 0.0222. The summed E-state index contributed by atoms with van der Waals surface area (Å²) in [4.78, 5) is 72.4. The predicted octanol–water partition coefficient (Wildman–Crippen LogP) is 18.5. The van der Waals surface area contributed by atoms with E-state index in [1.54, 1.807) is 0 Å². The second-order valence-corrected chi connectivity index (χ2v) is 28.3. The molecule has 0 spiro atoms. The smallest absolute Gasteiger partial charge is 0.462 e. The second kappa shape index (κ2) is 57.0. The summed E-state index contributed by atoms with van der Waals surface area (Å²) >= 11 is 0. The van der Waals surface area contributed by atoms with Crippen molar-refractivity contribution in [1.29, 1.82) is 0 Å². The molecule has 0 saturated carbocycles. The van der Waals surface area contributed by atoms with E-state index in [1.807, 2.05) is 0 Å². The topological polar surface area (TPSA) is 237 Å². The molecule has 0 aliphatic heterocycles. The van der Waals surface area contributed by atoms with Crippen LogP contribution in [0.4, 0.5) is 0 Å². The van der Waals surface area contributed by atoms with E-state index in [4.69, 9.17) is 37.0 Å². The molecular formula is C67H130O17P2. The average molecular weight is 1270 g/mol. The van der Waals surface area contributed by atoms with Gasteiger partial charge in [0.15, 0.2) is 12.2 Å². The van der Waals surface area contributed by atoms with Crippen LogP contribution < -0.4 is 0 Å². The lowest BCUT2D eigenvalue weighted by molar-refractivity contribution is -0.161. The Morgan fingerprint density at radius 1 is 0.326 bits per heavy atom. The summed E-state index contributed by atoms with van der Waals surface area (Å²) in [5, 5.41) is 10.6. The Balaban J connectivity index is 5.27. The Morgan fingerprint density at radius 2 is 0.558 bits per heavy atom. The van der Waals surface area contributed by atoms with Crippen LogP contribution in [0.5, 0.6) is 0 Å². The summed E-state index contributed by atoms with van der Waals surface area (Å²) in [6, 6.07) is 0. The minimum absolute atomic E-state index is 0.101. The van der Waals surface area contributed by atoms with Gasteiger partial charge in [0.05, 0.1) is 26.4 Å². The SMILES string of the molecule is CCC(C)CCCCCCCCCCC(=O)OC[C@H](COP(=O)(O)OC[C@@H](O)COP(=O)(O)OC[C@@H](COC(=O)CCCCCCCCC(C)CC)OC(=O)CCCCCCCCC(C)CC)OC(=O)CCCCCCCCCCCCCC(C)C. The van der Waals surface area contributed by atoms with E-state index in [0.29, 0.717) is 25.7 Å². The molecule has 0 saturated heterocycles. The molecular weight excluding hydrogens is 1140 g/mol. The highest BCUT2D eigenvalue weighted by atomic mass is 31.2. The summed E-state index contributed by atoms with van der Waals surface area (Å²) in [5.74, 6) is 0.857. The fourth-order valence-electron chi connectivity index (χ4n) is 9.86. The molecule has 0 aromatic heterocycles. The van der Waals surface area contributed by atoms with Gasteiger partial charge in [-0.15, -0.1) is 0 Å². The number of phosphoric ester groups is 2. The zero-order valence-corrected chi connectivity index (χ0v) is 57.7. The molecule has 0 aromatic rings. The van der Waals surface area contributed by atoms with Crippen molar-refractivity contribution in [2.24, 2.45) is 23.7 Å². The highest BCUT2D eigenvalue weighted by Crippen LogP contribution is 2.45.